The van der Waals surface area contributed by atoms with Crippen molar-refractivity contribution in [2.45, 2.75) is 13.0 Å². The molecule has 1 aromatic carbocycles. The second-order valence-electron chi connectivity index (χ2n) is 4.07. The minimum absolute atomic E-state index is 0.132. The highest BCUT2D eigenvalue weighted by Gasteiger charge is 2.23. The number of fused-ring (bicyclic) bond motifs is 1. The molecule has 1 aromatic heterocycles. The second-order valence-corrected chi connectivity index (χ2v) is 4.07. The van der Waals surface area contributed by atoms with Crippen molar-refractivity contribution in [3.8, 4) is 5.75 Å². The Hall–Kier alpha value is -2.10. The van der Waals surface area contributed by atoms with Crippen molar-refractivity contribution in [1.29, 1.82) is 0 Å². The molecular formula is C13H13N3O. The van der Waals surface area contributed by atoms with Gasteiger partial charge < -0.3 is 10.1 Å². The van der Waals surface area contributed by atoms with E-state index < -0.39 is 0 Å². The molecule has 1 atom stereocenters. The average molecular weight is 227 g/mol. The highest BCUT2D eigenvalue weighted by Crippen LogP contribution is 2.33. The molecule has 3 rings (SSSR count). The first kappa shape index (κ1) is 10.1. The third-order valence-corrected chi connectivity index (χ3v) is 2.80. The van der Waals surface area contributed by atoms with Crippen molar-refractivity contribution in [2.24, 2.45) is 0 Å². The highest BCUT2D eigenvalue weighted by molar-refractivity contribution is 5.43. The second kappa shape index (κ2) is 4.05. The average Bonchev–Trinajstić information content (AvgIpc) is 2.73. The van der Waals surface area contributed by atoms with Gasteiger partial charge in [-0.25, -0.2) is 9.97 Å². The largest absolute Gasteiger partial charge is 0.491 e. The summed E-state index contributed by atoms with van der Waals surface area (Å²) < 4.78 is 5.60. The van der Waals surface area contributed by atoms with Crippen molar-refractivity contribution >= 4 is 5.95 Å². The molecule has 0 fully saturated rings. The molecule has 2 heterocycles. The van der Waals surface area contributed by atoms with Crippen LogP contribution >= 0.6 is 0 Å². The van der Waals surface area contributed by atoms with E-state index in [-0.39, 0.29) is 6.04 Å². The number of hydrogen-bond acceptors (Lipinski definition) is 4. The van der Waals surface area contributed by atoms with Crippen LogP contribution in [0.3, 0.4) is 0 Å². The number of anilines is 1. The van der Waals surface area contributed by atoms with Gasteiger partial charge in [0.15, 0.2) is 0 Å². The standard InChI is InChI=1S/C13H13N3O/c1-9-6-7-14-13(15-9)16-11-8-17-12-5-3-2-4-10(11)12/h2-7,11H,8H2,1H3,(H,14,15,16). The zero-order chi connectivity index (χ0) is 11.7. The van der Waals surface area contributed by atoms with Crippen molar-refractivity contribution in [1.82, 2.24) is 9.97 Å². The SMILES string of the molecule is Cc1ccnc(NC2COc3ccccc32)n1. The lowest BCUT2D eigenvalue weighted by Crippen LogP contribution is -2.14. The van der Waals surface area contributed by atoms with Crippen LogP contribution in [0.2, 0.25) is 0 Å². The Morgan fingerprint density at radius 2 is 2.18 bits per heavy atom. The predicted octanol–water partition coefficient (Wildman–Crippen LogP) is 2.33. The molecule has 0 amide bonds. The molecule has 0 saturated heterocycles. The van der Waals surface area contributed by atoms with Gasteiger partial charge in [0.2, 0.25) is 5.95 Å². The number of nitrogens with one attached hydrogen (secondary N) is 1. The first-order chi connectivity index (χ1) is 8.33. The van der Waals surface area contributed by atoms with Gasteiger partial charge in [0.1, 0.15) is 12.4 Å². The lowest BCUT2D eigenvalue weighted by atomic mass is 10.1. The number of hydrogen-bond donors (Lipinski definition) is 1. The number of para-hydroxylation sites is 1. The molecule has 0 radical (unpaired) electrons. The number of benzene rings is 1. The molecule has 1 aliphatic heterocycles. The summed E-state index contributed by atoms with van der Waals surface area (Å²) in [5, 5.41) is 3.29. The molecule has 0 spiro atoms. The molecular weight excluding hydrogens is 214 g/mol. The maximum Gasteiger partial charge on any atom is 0.223 e. The first-order valence-corrected chi connectivity index (χ1v) is 5.61. The highest BCUT2D eigenvalue weighted by atomic mass is 16.5. The van der Waals surface area contributed by atoms with E-state index in [1.165, 1.54) is 0 Å². The van der Waals surface area contributed by atoms with Crippen LogP contribution in [0.15, 0.2) is 36.5 Å². The molecule has 0 saturated carbocycles. The van der Waals surface area contributed by atoms with E-state index in [9.17, 15) is 0 Å². The molecule has 1 unspecified atom stereocenters. The van der Waals surface area contributed by atoms with Crippen LogP contribution in [-0.4, -0.2) is 16.6 Å². The summed E-state index contributed by atoms with van der Waals surface area (Å²) in [4.78, 5) is 8.53. The molecule has 86 valence electrons. The monoisotopic (exact) mass is 227 g/mol. The maximum atomic E-state index is 5.60. The van der Waals surface area contributed by atoms with Crippen LogP contribution in [0.4, 0.5) is 5.95 Å². The Morgan fingerprint density at radius 1 is 1.29 bits per heavy atom. The van der Waals surface area contributed by atoms with Crippen LogP contribution in [0.25, 0.3) is 0 Å². The van der Waals surface area contributed by atoms with Crippen molar-refractivity contribution < 1.29 is 4.74 Å². The molecule has 17 heavy (non-hydrogen) atoms. The molecule has 4 heteroatoms. The molecule has 1 N–H and O–H groups in total. The van der Waals surface area contributed by atoms with Crippen LogP contribution in [0.1, 0.15) is 17.3 Å². The predicted molar refractivity (Wildman–Crippen MR) is 65.1 cm³/mol. The van der Waals surface area contributed by atoms with Gasteiger partial charge in [-0.15, -0.1) is 0 Å². The van der Waals surface area contributed by atoms with Gasteiger partial charge >= 0.3 is 0 Å². The Kier molecular flexibility index (Phi) is 2.40. The van der Waals surface area contributed by atoms with Gasteiger partial charge in [-0.1, -0.05) is 18.2 Å². The van der Waals surface area contributed by atoms with Crippen molar-refractivity contribution in [3.63, 3.8) is 0 Å². The number of ether oxygens (including phenoxy) is 1. The van der Waals surface area contributed by atoms with Crippen molar-refractivity contribution in [2.75, 3.05) is 11.9 Å². The maximum absolute atomic E-state index is 5.60. The molecule has 0 bridgehead atoms. The Labute approximate surface area is 99.7 Å². The van der Waals surface area contributed by atoms with Gasteiger partial charge in [-0.3, -0.25) is 0 Å². The van der Waals surface area contributed by atoms with Crippen LogP contribution < -0.4 is 10.1 Å². The van der Waals surface area contributed by atoms with Crippen LogP contribution in [-0.2, 0) is 0 Å². The zero-order valence-corrected chi connectivity index (χ0v) is 9.55. The van der Waals surface area contributed by atoms with E-state index in [0.29, 0.717) is 12.6 Å². The van der Waals surface area contributed by atoms with Crippen molar-refractivity contribution in [3.05, 3.63) is 47.8 Å². The van der Waals surface area contributed by atoms with E-state index in [0.717, 1.165) is 17.0 Å². The van der Waals surface area contributed by atoms with Gasteiger partial charge in [0.05, 0.1) is 6.04 Å². The zero-order valence-electron chi connectivity index (χ0n) is 9.55. The van der Waals surface area contributed by atoms with E-state index in [2.05, 4.69) is 21.4 Å². The fourth-order valence-electron chi connectivity index (χ4n) is 1.96. The van der Waals surface area contributed by atoms with Crippen LogP contribution in [0, 0.1) is 6.92 Å². The summed E-state index contributed by atoms with van der Waals surface area (Å²) in [6, 6.07) is 10.0. The van der Waals surface area contributed by atoms with E-state index in [1.54, 1.807) is 6.20 Å². The van der Waals surface area contributed by atoms with Gasteiger partial charge in [0.25, 0.3) is 0 Å². The topological polar surface area (TPSA) is 47.0 Å². The molecule has 1 aliphatic rings. The molecule has 4 nitrogen and oxygen atoms in total. The Balaban J connectivity index is 1.84. The fraction of sp³-hybridized carbons (Fsp3) is 0.231. The van der Waals surface area contributed by atoms with Crippen LogP contribution in [0.5, 0.6) is 5.75 Å². The van der Waals surface area contributed by atoms with E-state index >= 15 is 0 Å². The normalized spacial score (nSPS) is 17.4. The summed E-state index contributed by atoms with van der Waals surface area (Å²) in [5.74, 6) is 1.59. The summed E-state index contributed by atoms with van der Waals surface area (Å²) in [5.41, 5.74) is 2.12. The van der Waals surface area contributed by atoms with E-state index in [4.69, 9.17) is 4.74 Å². The summed E-state index contributed by atoms with van der Waals surface area (Å²) in [7, 11) is 0. The van der Waals surface area contributed by atoms with Gasteiger partial charge in [-0.2, -0.15) is 0 Å². The summed E-state index contributed by atoms with van der Waals surface area (Å²) >= 11 is 0. The van der Waals surface area contributed by atoms with E-state index in [1.807, 2.05) is 31.2 Å². The third kappa shape index (κ3) is 1.93. The first-order valence-electron chi connectivity index (χ1n) is 5.61. The lowest BCUT2D eigenvalue weighted by molar-refractivity contribution is 0.339. The smallest absolute Gasteiger partial charge is 0.223 e. The molecule has 2 aromatic rings. The third-order valence-electron chi connectivity index (χ3n) is 2.80. The lowest BCUT2D eigenvalue weighted by Gasteiger charge is -2.11. The fourth-order valence-corrected chi connectivity index (χ4v) is 1.96. The number of rotatable bonds is 2. The number of nitrogens with zero attached hydrogens (tertiary/aromatic N) is 2. The molecule has 0 aliphatic carbocycles. The Bertz CT molecular complexity index is 542. The minimum atomic E-state index is 0.132. The number of aromatic nitrogens is 2. The Morgan fingerprint density at radius 3 is 3.06 bits per heavy atom. The summed E-state index contributed by atoms with van der Waals surface area (Å²) in [6.07, 6.45) is 1.76. The summed E-state index contributed by atoms with van der Waals surface area (Å²) in [6.45, 7) is 2.57. The van der Waals surface area contributed by atoms with Gasteiger partial charge in [-0.05, 0) is 19.1 Å². The minimum Gasteiger partial charge on any atom is -0.491 e. The quantitative estimate of drug-likeness (QED) is 0.855. The van der Waals surface area contributed by atoms with Gasteiger partial charge in [0, 0.05) is 17.5 Å². The number of aryl methyl sites for hydroxylation is 1.